The fraction of sp³-hybridized carbons (Fsp3) is 0.0833. The minimum absolute atomic E-state index is 0.0101. The van der Waals surface area contributed by atoms with Gasteiger partial charge in [-0.25, -0.2) is 9.69 Å². The van der Waals surface area contributed by atoms with Crippen LogP contribution in [0.15, 0.2) is 72.5 Å². The molecule has 2 amide bonds. The van der Waals surface area contributed by atoms with Crippen LogP contribution in [0.4, 0.5) is 16.2 Å². The Hall–Kier alpha value is -4.06. The van der Waals surface area contributed by atoms with E-state index in [1.54, 1.807) is 18.2 Å². The number of carbonyl (C=O) groups excluding carboxylic acids is 2. The molecule has 30 heavy (non-hydrogen) atoms. The Balaban J connectivity index is 1.49. The number of ether oxygens (including phenoxy) is 1. The zero-order valence-electron chi connectivity index (χ0n) is 16.5. The van der Waals surface area contributed by atoms with Crippen molar-refractivity contribution in [3.8, 4) is 0 Å². The number of hydrogen-bond acceptors (Lipinski definition) is 4. The number of rotatable bonds is 3. The average molecular weight is 397 g/mol. The highest BCUT2D eigenvalue weighted by molar-refractivity contribution is 6.25. The van der Waals surface area contributed by atoms with Gasteiger partial charge in [-0.15, -0.1) is 0 Å². The van der Waals surface area contributed by atoms with E-state index >= 15 is 0 Å². The first-order valence-electron chi connectivity index (χ1n) is 9.57. The van der Waals surface area contributed by atoms with Gasteiger partial charge in [0.1, 0.15) is 0 Å². The molecule has 0 saturated carbocycles. The molecule has 0 spiro atoms. The maximum Gasteiger partial charge on any atom is 0.427 e. The van der Waals surface area contributed by atoms with E-state index in [4.69, 9.17) is 4.74 Å². The van der Waals surface area contributed by atoms with Crippen LogP contribution in [-0.2, 0) is 9.53 Å². The summed E-state index contributed by atoms with van der Waals surface area (Å²) < 4.78 is 5.28. The van der Waals surface area contributed by atoms with Gasteiger partial charge in [-0.05, 0) is 54.1 Å². The number of H-pyrrole nitrogens is 1. The molecule has 0 radical (unpaired) electrons. The number of benzene rings is 3. The zero-order chi connectivity index (χ0) is 20.8. The lowest BCUT2D eigenvalue weighted by Gasteiger charge is -2.15. The molecule has 1 saturated heterocycles. The van der Waals surface area contributed by atoms with Gasteiger partial charge in [0, 0.05) is 41.6 Å². The second-order valence-corrected chi connectivity index (χ2v) is 7.40. The van der Waals surface area contributed by atoms with Crippen molar-refractivity contribution < 1.29 is 14.3 Å². The lowest BCUT2D eigenvalue weighted by atomic mass is 10.1. The van der Waals surface area contributed by atoms with E-state index in [1.165, 1.54) is 0 Å². The van der Waals surface area contributed by atoms with Crippen molar-refractivity contribution in [3.05, 3.63) is 78.1 Å². The van der Waals surface area contributed by atoms with Gasteiger partial charge >= 0.3 is 12.0 Å². The number of nitrogens with zero attached hydrogens (tertiary/aromatic N) is 2. The highest BCUT2D eigenvalue weighted by Crippen LogP contribution is 2.30. The number of aromatic amines is 1. The molecule has 5 rings (SSSR count). The smallest absolute Gasteiger partial charge is 0.404 e. The van der Waals surface area contributed by atoms with Crippen LogP contribution >= 0.6 is 0 Å². The van der Waals surface area contributed by atoms with E-state index in [2.05, 4.69) is 4.98 Å². The largest absolute Gasteiger partial charge is 0.427 e. The van der Waals surface area contributed by atoms with Crippen molar-refractivity contribution in [2.24, 2.45) is 0 Å². The normalized spacial score (nSPS) is 15.4. The predicted molar refractivity (Wildman–Crippen MR) is 119 cm³/mol. The number of cyclic esters (lactones) is 1. The van der Waals surface area contributed by atoms with Crippen molar-refractivity contribution in [1.29, 1.82) is 0 Å². The van der Waals surface area contributed by atoms with Crippen molar-refractivity contribution in [2.75, 3.05) is 23.9 Å². The average Bonchev–Trinajstić information content (AvgIpc) is 3.24. The summed E-state index contributed by atoms with van der Waals surface area (Å²) >= 11 is 0. The Morgan fingerprint density at radius 1 is 0.900 bits per heavy atom. The Morgan fingerprint density at radius 2 is 1.63 bits per heavy atom. The highest BCUT2D eigenvalue weighted by Gasteiger charge is 2.37. The van der Waals surface area contributed by atoms with Gasteiger partial charge in [-0.1, -0.05) is 24.3 Å². The van der Waals surface area contributed by atoms with Crippen LogP contribution in [0.3, 0.4) is 0 Å². The summed E-state index contributed by atoms with van der Waals surface area (Å²) in [5.41, 5.74) is 4.30. The molecule has 2 heterocycles. The number of anilines is 2. The number of imide groups is 1. The SMILES string of the molecule is CN(C)c1ccc(N2C(=O)O/C(=C\c3ccc4[nH]c5ccccc5c4c3)C2=O)cc1. The lowest BCUT2D eigenvalue weighted by molar-refractivity contribution is -0.114. The summed E-state index contributed by atoms with van der Waals surface area (Å²) in [7, 11) is 3.85. The zero-order valence-corrected chi connectivity index (χ0v) is 16.5. The summed E-state index contributed by atoms with van der Waals surface area (Å²) in [6.45, 7) is 0. The van der Waals surface area contributed by atoms with Gasteiger partial charge in [0.25, 0.3) is 0 Å². The summed E-state index contributed by atoms with van der Waals surface area (Å²) in [6.07, 6.45) is 0.910. The third kappa shape index (κ3) is 2.90. The van der Waals surface area contributed by atoms with E-state index in [-0.39, 0.29) is 5.76 Å². The first kappa shape index (κ1) is 18.0. The van der Waals surface area contributed by atoms with Crippen LogP contribution < -0.4 is 9.80 Å². The maximum absolute atomic E-state index is 12.9. The van der Waals surface area contributed by atoms with E-state index < -0.39 is 12.0 Å². The number of aromatic nitrogens is 1. The third-order valence-electron chi connectivity index (χ3n) is 5.25. The van der Waals surface area contributed by atoms with E-state index in [1.807, 2.05) is 73.6 Å². The molecule has 1 aromatic heterocycles. The Labute approximate surface area is 173 Å². The molecule has 6 nitrogen and oxygen atoms in total. The van der Waals surface area contributed by atoms with Crippen LogP contribution in [0.2, 0.25) is 0 Å². The van der Waals surface area contributed by atoms with Crippen molar-refractivity contribution in [2.45, 2.75) is 0 Å². The van der Waals surface area contributed by atoms with E-state index in [0.717, 1.165) is 38.0 Å². The molecule has 0 aliphatic carbocycles. The molecule has 1 aliphatic rings. The van der Waals surface area contributed by atoms with Gasteiger partial charge in [0.05, 0.1) is 5.69 Å². The topological polar surface area (TPSA) is 65.6 Å². The second kappa shape index (κ2) is 6.77. The van der Waals surface area contributed by atoms with Crippen molar-refractivity contribution in [1.82, 2.24) is 4.98 Å². The highest BCUT2D eigenvalue weighted by atomic mass is 16.6. The molecule has 6 heteroatoms. The Bertz CT molecular complexity index is 1330. The van der Waals surface area contributed by atoms with Crippen LogP contribution in [0, 0.1) is 0 Å². The van der Waals surface area contributed by atoms with Gasteiger partial charge in [-0.3, -0.25) is 4.79 Å². The molecule has 0 atom stereocenters. The van der Waals surface area contributed by atoms with Crippen molar-refractivity contribution in [3.63, 3.8) is 0 Å². The van der Waals surface area contributed by atoms with Crippen LogP contribution in [-0.4, -0.2) is 31.1 Å². The number of hydrogen-bond donors (Lipinski definition) is 1. The standard InChI is InChI=1S/C24H19N3O3/c1-26(2)16-8-10-17(11-9-16)27-23(28)22(30-24(27)29)14-15-7-12-21-19(13-15)18-5-3-4-6-20(18)25-21/h3-14,25H,1-2H3/b22-14-. The van der Waals surface area contributed by atoms with Gasteiger partial charge in [0.15, 0.2) is 5.76 Å². The Morgan fingerprint density at radius 3 is 2.40 bits per heavy atom. The molecular formula is C24H19N3O3. The first-order chi connectivity index (χ1) is 14.5. The van der Waals surface area contributed by atoms with E-state index in [9.17, 15) is 9.59 Å². The van der Waals surface area contributed by atoms with Crippen LogP contribution in [0.5, 0.6) is 0 Å². The minimum atomic E-state index is -0.697. The van der Waals surface area contributed by atoms with E-state index in [0.29, 0.717) is 5.69 Å². The quantitative estimate of drug-likeness (QED) is 0.499. The molecule has 0 bridgehead atoms. The molecule has 1 N–H and O–H groups in total. The summed E-state index contributed by atoms with van der Waals surface area (Å²) in [6, 6.07) is 21.0. The summed E-state index contributed by atoms with van der Waals surface area (Å²) in [5.74, 6) is -0.465. The molecular weight excluding hydrogens is 378 g/mol. The number of amides is 2. The molecule has 3 aromatic carbocycles. The summed E-state index contributed by atoms with van der Waals surface area (Å²) in [5, 5.41) is 2.15. The van der Waals surface area contributed by atoms with Gasteiger partial charge in [-0.2, -0.15) is 0 Å². The van der Waals surface area contributed by atoms with Crippen LogP contribution in [0.1, 0.15) is 5.56 Å². The second-order valence-electron chi connectivity index (χ2n) is 7.40. The van der Waals surface area contributed by atoms with Crippen LogP contribution in [0.25, 0.3) is 27.9 Å². The summed E-state index contributed by atoms with van der Waals surface area (Å²) in [4.78, 5) is 31.6. The molecule has 148 valence electrons. The monoisotopic (exact) mass is 397 g/mol. The Kier molecular flexibility index (Phi) is 4.06. The first-order valence-corrected chi connectivity index (χ1v) is 9.57. The lowest BCUT2D eigenvalue weighted by Crippen LogP contribution is -2.28. The minimum Gasteiger partial charge on any atom is -0.404 e. The molecule has 1 aliphatic heterocycles. The maximum atomic E-state index is 12.9. The fourth-order valence-electron chi connectivity index (χ4n) is 3.70. The number of nitrogens with one attached hydrogen (secondary N) is 1. The van der Waals surface area contributed by atoms with Crippen molar-refractivity contribution >= 4 is 51.3 Å². The fourth-order valence-corrected chi connectivity index (χ4v) is 3.70. The predicted octanol–water partition coefficient (Wildman–Crippen LogP) is 4.91. The number of fused-ring (bicyclic) bond motifs is 3. The molecule has 1 fully saturated rings. The van der Waals surface area contributed by atoms with Gasteiger partial charge in [0.2, 0.25) is 0 Å². The third-order valence-corrected chi connectivity index (χ3v) is 5.25. The number of para-hydroxylation sites is 1. The number of carbonyl (C=O) groups is 2. The molecule has 0 unspecified atom stereocenters. The molecule has 4 aromatic rings. The van der Waals surface area contributed by atoms with Gasteiger partial charge < -0.3 is 14.6 Å².